The number of carbonyl (C=O) groups excluding carboxylic acids is 1. The highest BCUT2D eigenvalue weighted by Crippen LogP contribution is 2.52. The lowest BCUT2D eigenvalue weighted by atomic mass is 10.1. The molecule has 2 N–H and O–H groups in total. The highest BCUT2D eigenvalue weighted by atomic mass is 32.2. The molecule has 0 saturated carbocycles. The highest BCUT2D eigenvalue weighted by Gasteiger charge is 2.24. The zero-order valence-electron chi connectivity index (χ0n) is 21.9. The summed E-state index contributed by atoms with van der Waals surface area (Å²) in [6.07, 6.45) is 0. The van der Waals surface area contributed by atoms with Crippen molar-refractivity contribution in [3.8, 4) is 11.3 Å². The lowest BCUT2D eigenvalue weighted by Gasteiger charge is -2.29. The van der Waals surface area contributed by atoms with Crippen LogP contribution >= 0.6 is 23.5 Å². The Morgan fingerprint density at radius 2 is 1.72 bits per heavy atom. The van der Waals surface area contributed by atoms with Crippen molar-refractivity contribution in [1.82, 2.24) is 9.88 Å². The van der Waals surface area contributed by atoms with E-state index in [-0.39, 0.29) is 17.4 Å². The molecule has 0 radical (unpaired) electrons. The number of anilines is 2. The number of amides is 1. The summed E-state index contributed by atoms with van der Waals surface area (Å²) in [4.78, 5) is 37.5. The molecule has 6 rings (SSSR count). The normalized spacial score (nSPS) is 18.2. The minimum atomic E-state index is -0.111. The maximum Gasteiger partial charge on any atom is 0.250 e. The van der Waals surface area contributed by atoms with E-state index in [1.807, 2.05) is 19.1 Å². The van der Waals surface area contributed by atoms with Gasteiger partial charge in [0.15, 0.2) is 0 Å². The van der Waals surface area contributed by atoms with Crippen molar-refractivity contribution in [2.24, 2.45) is 5.92 Å². The Balaban J connectivity index is 1.19. The van der Waals surface area contributed by atoms with Gasteiger partial charge in [-0.3, -0.25) is 14.5 Å². The van der Waals surface area contributed by atoms with Gasteiger partial charge in [-0.25, -0.2) is 0 Å². The van der Waals surface area contributed by atoms with Crippen LogP contribution in [0.25, 0.3) is 11.3 Å². The number of fused-ring (bicyclic) bond motifs is 2. The number of nitrogens with zero attached hydrogens (tertiary/aromatic N) is 2. The first-order valence-corrected chi connectivity index (χ1v) is 15.0. The fourth-order valence-electron chi connectivity index (χ4n) is 5.09. The molecular weight excluding hydrogens is 532 g/mol. The first-order chi connectivity index (χ1) is 19.0. The third kappa shape index (κ3) is 6.05. The van der Waals surface area contributed by atoms with Crippen molar-refractivity contribution in [2.45, 2.75) is 26.5 Å². The molecule has 0 aliphatic carbocycles. The van der Waals surface area contributed by atoms with E-state index in [1.165, 1.54) is 0 Å². The van der Waals surface area contributed by atoms with Gasteiger partial charge in [0.25, 0.3) is 0 Å². The molecule has 3 aliphatic rings. The molecular formula is C29H32N4O4S2. The van der Waals surface area contributed by atoms with E-state index in [0.29, 0.717) is 13.2 Å². The summed E-state index contributed by atoms with van der Waals surface area (Å²) >= 11 is 3.39. The van der Waals surface area contributed by atoms with Gasteiger partial charge >= 0.3 is 0 Å². The lowest BCUT2D eigenvalue weighted by Crippen LogP contribution is -2.41. The maximum atomic E-state index is 12.9. The van der Waals surface area contributed by atoms with Crippen molar-refractivity contribution in [3.63, 3.8) is 0 Å². The zero-order valence-corrected chi connectivity index (χ0v) is 23.5. The van der Waals surface area contributed by atoms with Gasteiger partial charge in [0.05, 0.1) is 32.1 Å². The molecule has 2 saturated heterocycles. The molecule has 1 atom stereocenters. The molecule has 204 valence electrons. The van der Waals surface area contributed by atoms with E-state index in [1.54, 1.807) is 29.6 Å². The second kappa shape index (κ2) is 11.8. The lowest BCUT2D eigenvalue weighted by molar-refractivity contribution is -0.120. The molecule has 3 aliphatic heterocycles. The van der Waals surface area contributed by atoms with Crippen molar-refractivity contribution in [3.05, 3.63) is 58.9 Å². The third-order valence-corrected chi connectivity index (χ3v) is 9.80. The summed E-state index contributed by atoms with van der Waals surface area (Å²) in [7, 11) is 0. The number of H-pyrrole nitrogens is 1. The summed E-state index contributed by atoms with van der Waals surface area (Å²) in [6, 6.07) is 16.0. The smallest absolute Gasteiger partial charge is 0.250 e. The number of aromatic amines is 1. The van der Waals surface area contributed by atoms with Crippen LogP contribution in [0.2, 0.25) is 0 Å². The van der Waals surface area contributed by atoms with Gasteiger partial charge in [0.1, 0.15) is 0 Å². The van der Waals surface area contributed by atoms with Crippen LogP contribution in [0.4, 0.5) is 11.4 Å². The van der Waals surface area contributed by atoms with Crippen LogP contribution in [0.1, 0.15) is 6.92 Å². The molecule has 0 spiro atoms. The van der Waals surface area contributed by atoms with Gasteiger partial charge in [0, 0.05) is 81.2 Å². The van der Waals surface area contributed by atoms with Crippen LogP contribution in [-0.2, 0) is 14.3 Å². The van der Waals surface area contributed by atoms with Crippen molar-refractivity contribution in [2.75, 3.05) is 69.4 Å². The van der Waals surface area contributed by atoms with Gasteiger partial charge in [0.2, 0.25) is 11.5 Å². The molecule has 4 heterocycles. The minimum absolute atomic E-state index is 0.0293. The molecule has 1 aromatic heterocycles. The number of carbonyl (C=O) groups is 1. The Labute approximate surface area is 236 Å². The molecule has 2 fully saturated rings. The van der Waals surface area contributed by atoms with Crippen LogP contribution in [0.15, 0.2) is 72.9 Å². The number of benzene rings is 2. The van der Waals surface area contributed by atoms with E-state index in [4.69, 9.17) is 9.47 Å². The second-order valence-corrected chi connectivity index (χ2v) is 12.2. The van der Waals surface area contributed by atoms with Crippen LogP contribution in [0.3, 0.4) is 0 Å². The van der Waals surface area contributed by atoms with Gasteiger partial charge in [-0.2, -0.15) is 0 Å². The van der Waals surface area contributed by atoms with E-state index < -0.39 is 0 Å². The predicted octanol–water partition coefficient (Wildman–Crippen LogP) is 4.40. The number of ether oxygens (including phenoxy) is 2. The monoisotopic (exact) mass is 564 g/mol. The Bertz CT molecular complexity index is 1420. The molecule has 3 aromatic rings. The van der Waals surface area contributed by atoms with Crippen molar-refractivity contribution in [1.29, 1.82) is 0 Å². The van der Waals surface area contributed by atoms with Gasteiger partial charge in [-0.05, 0) is 30.3 Å². The maximum absolute atomic E-state index is 12.9. The molecule has 0 bridgehead atoms. The predicted molar refractivity (Wildman–Crippen MR) is 155 cm³/mol. The quantitative estimate of drug-likeness (QED) is 0.357. The molecule has 2 aromatic carbocycles. The fraction of sp³-hybridized carbons (Fsp3) is 0.379. The Morgan fingerprint density at radius 3 is 2.51 bits per heavy atom. The molecule has 10 heteroatoms. The molecule has 1 unspecified atom stereocenters. The molecule has 1 amide bonds. The van der Waals surface area contributed by atoms with E-state index >= 15 is 0 Å². The number of morpholine rings is 2. The first-order valence-electron chi connectivity index (χ1n) is 13.3. The molecule has 39 heavy (non-hydrogen) atoms. The largest absolute Gasteiger partial charge is 0.379 e. The fourth-order valence-corrected chi connectivity index (χ4v) is 7.50. The summed E-state index contributed by atoms with van der Waals surface area (Å²) < 4.78 is 10.9. The third-order valence-electron chi connectivity index (χ3n) is 7.20. The zero-order chi connectivity index (χ0) is 26.8. The average Bonchev–Trinajstić information content (AvgIpc) is 2.96. The van der Waals surface area contributed by atoms with Gasteiger partial charge in [-0.15, -0.1) is 0 Å². The van der Waals surface area contributed by atoms with Crippen molar-refractivity contribution < 1.29 is 14.3 Å². The SMILES string of the molecule is CC(CN1CCOCC1)C(=O)Nc1ccc2c(c1)Sc1cccc(-c3cc(N4CCOCC4)cc(=O)[nH]3)c1S2. The number of nitrogens with one attached hydrogen (secondary N) is 2. The summed E-state index contributed by atoms with van der Waals surface area (Å²) in [5.41, 5.74) is 3.45. The van der Waals surface area contributed by atoms with E-state index in [0.717, 1.165) is 88.2 Å². The van der Waals surface area contributed by atoms with Crippen LogP contribution < -0.4 is 15.8 Å². The van der Waals surface area contributed by atoms with Gasteiger partial charge < -0.3 is 24.7 Å². The second-order valence-electron chi connectivity index (χ2n) is 10.0. The number of hydrogen-bond acceptors (Lipinski definition) is 8. The molecule has 8 nitrogen and oxygen atoms in total. The highest BCUT2D eigenvalue weighted by molar-refractivity contribution is 8.05. The summed E-state index contributed by atoms with van der Waals surface area (Å²) in [6.45, 7) is 8.80. The Kier molecular flexibility index (Phi) is 7.99. The average molecular weight is 565 g/mol. The number of pyridine rings is 1. The summed E-state index contributed by atoms with van der Waals surface area (Å²) in [5.74, 6) is -0.0819. The number of aromatic nitrogens is 1. The Morgan fingerprint density at radius 1 is 0.949 bits per heavy atom. The topological polar surface area (TPSA) is 86.9 Å². The van der Waals surface area contributed by atoms with Crippen LogP contribution in [-0.4, -0.2) is 74.9 Å². The number of rotatable bonds is 6. The Hall–Kier alpha value is -2.76. The minimum Gasteiger partial charge on any atom is -0.379 e. The van der Waals surface area contributed by atoms with Crippen molar-refractivity contribution >= 4 is 40.8 Å². The number of hydrogen-bond donors (Lipinski definition) is 2. The summed E-state index contributed by atoms with van der Waals surface area (Å²) in [5, 5.41) is 3.11. The van der Waals surface area contributed by atoms with E-state index in [9.17, 15) is 9.59 Å². The van der Waals surface area contributed by atoms with Gasteiger partial charge in [-0.1, -0.05) is 42.6 Å². The standard InChI is InChI=1S/C29H32N4O4S2/c1-19(18-32-7-11-36-12-8-32)29(35)30-20-5-6-24-26(15-20)38-25-4-2-3-22(28(25)39-24)23-16-21(17-27(34)31-23)33-9-13-37-14-10-33/h2-6,15-17,19H,7-14,18H2,1H3,(H,30,35)(H,31,34). The van der Waals surface area contributed by atoms with Crippen LogP contribution in [0.5, 0.6) is 0 Å². The first kappa shape index (κ1) is 26.5. The van der Waals surface area contributed by atoms with E-state index in [2.05, 4.69) is 50.4 Å². The van der Waals surface area contributed by atoms with Crippen LogP contribution in [0, 0.1) is 5.92 Å².